The second kappa shape index (κ2) is 9.01. The number of likely N-dealkylation sites (tertiary alicyclic amines) is 1. The maximum absolute atomic E-state index is 12.7. The molecule has 1 aromatic heterocycles. The van der Waals surface area contributed by atoms with Crippen LogP contribution in [0.25, 0.3) is 0 Å². The normalized spacial score (nSPS) is 14.6. The molecule has 0 aliphatic carbocycles. The molecule has 2 aromatic rings. The van der Waals surface area contributed by atoms with Gasteiger partial charge < -0.3 is 19.7 Å². The highest BCUT2D eigenvalue weighted by Crippen LogP contribution is 2.28. The highest BCUT2D eigenvalue weighted by Gasteiger charge is 2.27. The lowest BCUT2D eigenvalue weighted by Crippen LogP contribution is -2.41. The van der Waals surface area contributed by atoms with Crippen LogP contribution in [0.1, 0.15) is 38.6 Å². The quantitative estimate of drug-likeness (QED) is 0.793. The summed E-state index contributed by atoms with van der Waals surface area (Å²) < 4.78 is 14.4. The molecule has 0 unspecified atom stereocenters. The lowest BCUT2D eigenvalue weighted by Gasteiger charge is -2.31. The number of piperidine rings is 1. The van der Waals surface area contributed by atoms with Crippen LogP contribution in [0.4, 0.5) is 0 Å². The molecule has 1 aromatic carbocycles. The number of aryl methyl sites for hydroxylation is 1. The third-order valence-corrected chi connectivity index (χ3v) is 5.77. The summed E-state index contributed by atoms with van der Waals surface area (Å²) in [5.74, 6) is 1.04. The molecule has 2 heterocycles. The van der Waals surface area contributed by atoms with Crippen LogP contribution in [0.15, 0.2) is 18.2 Å². The molecule has 3 rings (SSSR count). The zero-order valence-electron chi connectivity index (χ0n) is 16.2. The van der Waals surface area contributed by atoms with Gasteiger partial charge in [0.2, 0.25) is 0 Å². The Morgan fingerprint density at radius 3 is 2.39 bits per heavy atom. The van der Waals surface area contributed by atoms with Gasteiger partial charge in [0, 0.05) is 19.6 Å². The van der Waals surface area contributed by atoms with Crippen molar-refractivity contribution in [3.8, 4) is 11.5 Å². The maximum atomic E-state index is 12.7. The van der Waals surface area contributed by atoms with Gasteiger partial charge in [0.25, 0.3) is 11.8 Å². The molecule has 8 nitrogen and oxygen atoms in total. The first-order valence-corrected chi connectivity index (χ1v) is 9.90. The average molecular weight is 404 g/mol. The first-order valence-electron chi connectivity index (χ1n) is 9.12. The molecule has 1 aliphatic rings. The Morgan fingerprint density at radius 2 is 1.86 bits per heavy atom. The number of nitrogens with zero attached hydrogens (tertiary/aromatic N) is 3. The minimum Gasteiger partial charge on any atom is -0.496 e. The number of nitrogens with one attached hydrogen (secondary N) is 1. The Labute approximate surface area is 168 Å². The average Bonchev–Trinajstić information content (AvgIpc) is 3.16. The van der Waals surface area contributed by atoms with Crippen molar-refractivity contribution in [3.63, 3.8) is 0 Å². The number of amides is 2. The van der Waals surface area contributed by atoms with E-state index in [1.54, 1.807) is 25.1 Å². The molecule has 28 heavy (non-hydrogen) atoms. The van der Waals surface area contributed by atoms with Crippen molar-refractivity contribution in [1.82, 2.24) is 19.8 Å². The Hall–Kier alpha value is -2.68. The van der Waals surface area contributed by atoms with Gasteiger partial charge in [0.15, 0.2) is 0 Å². The number of hydrogen-bond acceptors (Lipinski definition) is 7. The zero-order valence-corrected chi connectivity index (χ0v) is 17.0. The summed E-state index contributed by atoms with van der Waals surface area (Å²) in [4.78, 5) is 27.6. The molecule has 1 saturated heterocycles. The summed E-state index contributed by atoms with van der Waals surface area (Å²) >= 11 is 1.14. The van der Waals surface area contributed by atoms with E-state index in [0.29, 0.717) is 53.2 Å². The summed E-state index contributed by atoms with van der Waals surface area (Å²) in [7, 11) is 3.05. The van der Waals surface area contributed by atoms with Crippen molar-refractivity contribution in [2.24, 2.45) is 5.92 Å². The molecule has 2 amide bonds. The summed E-state index contributed by atoms with van der Waals surface area (Å²) in [5.41, 5.74) is 1.07. The van der Waals surface area contributed by atoms with Crippen LogP contribution in [0.3, 0.4) is 0 Å². The third kappa shape index (κ3) is 4.24. The van der Waals surface area contributed by atoms with E-state index in [-0.39, 0.29) is 11.8 Å². The monoisotopic (exact) mass is 404 g/mol. The maximum Gasteiger partial charge on any atom is 0.267 e. The summed E-state index contributed by atoms with van der Waals surface area (Å²) in [5, 5.41) is 6.88. The van der Waals surface area contributed by atoms with Crippen LogP contribution in [-0.4, -0.2) is 60.2 Å². The summed E-state index contributed by atoms with van der Waals surface area (Å²) in [6.07, 6.45) is 1.67. The van der Waals surface area contributed by atoms with Crippen molar-refractivity contribution in [2.45, 2.75) is 19.8 Å². The van der Waals surface area contributed by atoms with Gasteiger partial charge in [-0.05, 0) is 49.3 Å². The Bertz CT molecular complexity index is 824. The van der Waals surface area contributed by atoms with Crippen molar-refractivity contribution in [2.75, 3.05) is 33.9 Å². The van der Waals surface area contributed by atoms with Gasteiger partial charge in [-0.25, -0.2) is 0 Å². The fourth-order valence-corrected chi connectivity index (χ4v) is 3.94. The molecule has 1 N–H and O–H groups in total. The minimum absolute atomic E-state index is 0.00579. The van der Waals surface area contributed by atoms with Gasteiger partial charge in [-0.1, -0.05) is 10.6 Å². The van der Waals surface area contributed by atoms with Crippen LogP contribution in [-0.2, 0) is 0 Å². The number of carbonyl (C=O) groups excluding carboxylic acids is 2. The summed E-state index contributed by atoms with van der Waals surface area (Å²) in [6, 6.07) is 5.25. The van der Waals surface area contributed by atoms with Gasteiger partial charge in [-0.2, -0.15) is 0 Å². The van der Waals surface area contributed by atoms with Crippen LogP contribution in [0.2, 0.25) is 0 Å². The zero-order chi connectivity index (χ0) is 20.1. The van der Waals surface area contributed by atoms with Crippen molar-refractivity contribution in [3.05, 3.63) is 34.3 Å². The van der Waals surface area contributed by atoms with Gasteiger partial charge in [-0.15, -0.1) is 5.10 Å². The van der Waals surface area contributed by atoms with Crippen LogP contribution in [0, 0.1) is 12.8 Å². The molecule has 1 aliphatic heterocycles. The highest BCUT2D eigenvalue weighted by molar-refractivity contribution is 7.07. The van der Waals surface area contributed by atoms with E-state index in [0.717, 1.165) is 24.4 Å². The first-order chi connectivity index (χ1) is 13.5. The van der Waals surface area contributed by atoms with Crippen LogP contribution in [0.5, 0.6) is 11.5 Å². The van der Waals surface area contributed by atoms with Crippen molar-refractivity contribution < 1.29 is 19.1 Å². The second-order valence-electron chi connectivity index (χ2n) is 6.67. The second-order valence-corrected chi connectivity index (χ2v) is 7.42. The van der Waals surface area contributed by atoms with E-state index in [2.05, 4.69) is 14.9 Å². The van der Waals surface area contributed by atoms with Crippen molar-refractivity contribution >= 4 is 23.3 Å². The van der Waals surface area contributed by atoms with Crippen molar-refractivity contribution in [1.29, 1.82) is 0 Å². The van der Waals surface area contributed by atoms with E-state index in [4.69, 9.17) is 9.47 Å². The Kier molecular flexibility index (Phi) is 6.45. The lowest BCUT2D eigenvalue weighted by atomic mass is 9.96. The third-order valence-electron chi connectivity index (χ3n) is 4.95. The molecule has 1 fully saturated rings. The number of benzene rings is 1. The standard InChI is InChI=1S/C19H24N4O4S/c1-12-17(28-22-21-12)19(25)23-9-7-13(8-10-23)11-20-18(24)16-14(26-2)5-4-6-15(16)27-3/h4-6,13H,7-11H2,1-3H3,(H,20,24). The molecule has 0 atom stereocenters. The van der Waals surface area contributed by atoms with E-state index in [1.807, 2.05) is 4.90 Å². The number of ether oxygens (including phenoxy) is 2. The molecule has 0 spiro atoms. The first kappa shape index (κ1) is 20.1. The number of carbonyl (C=O) groups is 2. The van der Waals surface area contributed by atoms with Gasteiger partial charge in [-0.3, -0.25) is 9.59 Å². The Morgan fingerprint density at radius 1 is 1.21 bits per heavy atom. The molecule has 150 valence electrons. The predicted octanol–water partition coefficient (Wildman–Crippen LogP) is 2.15. The summed E-state index contributed by atoms with van der Waals surface area (Å²) in [6.45, 7) is 3.66. The van der Waals surface area contributed by atoms with Crippen LogP contribution >= 0.6 is 11.5 Å². The van der Waals surface area contributed by atoms with Gasteiger partial charge >= 0.3 is 0 Å². The van der Waals surface area contributed by atoms with Crippen LogP contribution < -0.4 is 14.8 Å². The minimum atomic E-state index is -0.223. The number of aromatic nitrogens is 2. The topological polar surface area (TPSA) is 93.7 Å². The fraction of sp³-hybridized carbons (Fsp3) is 0.474. The van der Waals surface area contributed by atoms with Gasteiger partial charge in [0.05, 0.1) is 19.9 Å². The fourth-order valence-electron chi connectivity index (χ4n) is 3.31. The largest absolute Gasteiger partial charge is 0.496 e. The van der Waals surface area contributed by atoms with Gasteiger partial charge in [0.1, 0.15) is 21.9 Å². The SMILES string of the molecule is COc1cccc(OC)c1C(=O)NCC1CCN(C(=O)c2snnc2C)CC1. The lowest BCUT2D eigenvalue weighted by molar-refractivity contribution is 0.0688. The molecular weight excluding hydrogens is 380 g/mol. The van der Waals surface area contributed by atoms with E-state index < -0.39 is 0 Å². The van der Waals surface area contributed by atoms with E-state index in [9.17, 15) is 9.59 Å². The van der Waals surface area contributed by atoms with E-state index >= 15 is 0 Å². The number of hydrogen-bond donors (Lipinski definition) is 1. The molecule has 0 bridgehead atoms. The number of rotatable bonds is 6. The smallest absolute Gasteiger partial charge is 0.267 e. The molecule has 0 radical (unpaired) electrons. The Balaban J connectivity index is 1.54. The predicted molar refractivity (Wildman–Crippen MR) is 105 cm³/mol. The number of methoxy groups -OCH3 is 2. The molecular formula is C19H24N4O4S. The van der Waals surface area contributed by atoms with E-state index in [1.165, 1.54) is 14.2 Å². The molecule has 9 heteroatoms. The molecule has 0 saturated carbocycles. The highest BCUT2D eigenvalue weighted by atomic mass is 32.1.